The van der Waals surface area contributed by atoms with E-state index in [0.29, 0.717) is 23.2 Å². The Bertz CT molecular complexity index is 1340. The Kier molecular flexibility index (Phi) is 7.07. The number of rotatable bonds is 6. The van der Waals surface area contributed by atoms with Gasteiger partial charge < -0.3 is 15.4 Å². The smallest absolute Gasteiger partial charge is 0.413 e. The van der Waals surface area contributed by atoms with Crippen molar-refractivity contribution in [1.82, 2.24) is 0 Å². The summed E-state index contributed by atoms with van der Waals surface area (Å²) in [6.45, 7) is 0.730. The Labute approximate surface area is 205 Å². The Morgan fingerprint density at radius 3 is 2.51 bits per heavy atom. The van der Waals surface area contributed by atoms with Crippen LogP contribution in [0.5, 0.6) is 0 Å². The van der Waals surface area contributed by atoms with Gasteiger partial charge in [0.05, 0.1) is 4.90 Å². The van der Waals surface area contributed by atoms with Gasteiger partial charge in [0.2, 0.25) is 0 Å². The molecule has 0 spiro atoms. The maximum absolute atomic E-state index is 12.7. The molecular formula is C26H28N4O4S. The van der Waals surface area contributed by atoms with E-state index in [1.807, 2.05) is 23.1 Å². The number of benzene rings is 3. The van der Waals surface area contributed by atoms with Crippen molar-refractivity contribution < 1.29 is 17.9 Å². The van der Waals surface area contributed by atoms with Crippen molar-refractivity contribution in [2.24, 2.45) is 5.73 Å². The topological polar surface area (TPSA) is 126 Å². The molecule has 182 valence electrons. The van der Waals surface area contributed by atoms with Gasteiger partial charge in [-0.3, -0.25) is 10.7 Å². The molecule has 4 rings (SSSR count). The quantitative estimate of drug-likeness (QED) is 0.341. The number of sulfone groups is 1. The maximum Gasteiger partial charge on any atom is 0.413 e. The van der Waals surface area contributed by atoms with Crippen molar-refractivity contribution in [3.8, 4) is 11.1 Å². The van der Waals surface area contributed by atoms with E-state index in [4.69, 9.17) is 15.9 Å². The summed E-state index contributed by atoms with van der Waals surface area (Å²) in [6.07, 6.45) is 2.78. The second kappa shape index (κ2) is 10.2. The molecule has 8 nitrogen and oxygen atoms in total. The number of ether oxygens (including phenoxy) is 1. The number of nitrogens with zero attached hydrogens (tertiary/aromatic N) is 1. The van der Waals surface area contributed by atoms with E-state index in [0.717, 1.165) is 30.6 Å². The predicted octanol–water partition coefficient (Wildman–Crippen LogP) is 4.61. The molecule has 1 saturated heterocycles. The first-order chi connectivity index (χ1) is 16.7. The molecule has 0 saturated carbocycles. The molecule has 3 aromatic carbocycles. The summed E-state index contributed by atoms with van der Waals surface area (Å²) in [6, 6.07) is 21.1. The van der Waals surface area contributed by atoms with Gasteiger partial charge in [-0.2, -0.15) is 0 Å². The van der Waals surface area contributed by atoms with E-state index >= 15 is 0 Å². The van der Waals surface area contributed by atoms with Crippen LogP contribution >= 0.6 is 0 Å². The fourth-order valence-corrected chi connectivity index (χ4v) is 5.11. The monoisotopic (exact) mass is 492 g/mol. The van der Waals surface area contributed by atoms with Gasteiger partial charge in [-0.15, -0.1) is 0 Å². The first kappa shape index (κ1) is 24.3. The third kappa shape index (κ3) is 5.81. The van der Waals surface area contributed by atoms with Crippen LogP contribution in [0.3, 0.4) is 0 Å². The molecule has 1 atom stereocenters. The summed E-state index contributed by atoms with van der Waals surface area (Å²) in [5, 5.41) is 10.4. The molecule has 9 heteroatoms. The van der Waals surface area contributed by atoms with Gasteiger partial charge in [0.15, 0.2) is 16.1 Å². The number of hydrogen-bond acceptors (Lipinski definition) is 6. The molecule has 0 radical (unpaired) electrons. The maximum atomic E-state index is 12.7. The van der Waals surface area contributed by atoms with Crippen LogP contribution in [-0.4, -0.2) is 39.4 Å². The van der Waals surface area contributed by atoms with Crippen LogP contribution in [0, 0.1) is 5.41 Å². The summed E-state index contributed by atoms with van der Waals surface area (Å²) in [4.78, 5) is 15.0. The van der Waals surface area contributed by atoms with Crippen molar-refractivity contribution in [2.45, 2.75) is 30.4 Å². The lowest BCUT2D eigenvalue weighted by Gasteiger charge is -2.36. The van der Waals surface area contributed by atoms with Crippen molar-refractivity contribution in [3.05, 3.63) is 78.4 Å². The number of carbonyl (C=O) groups excluding carboxylic acids is 1. The first-order valence-corrected chi connectivity index (χ1v) is 13.2. The molecule has 1 amide bonds. The van der Waals surface area contributed by atoms with Crippen molar-refractivity contribution in [1.29, 1.82) is 5.41 Å². The van der Waals surface area contributed by atoms with Crippen LogP contribution in [0.2, 0.25) is 0 Å². The number of piperidine rings is 1. The van der Waals surface area contributed by atoms with Gasteiger partial charge in [-0.25, -0.2) is 13.2 Å². The van der Waals surface area contributed by atoms with E-state index < -0.39 is 22.2 Å². The first-order valence-electron chi connectivity index (χ1n) is 11.3. The van der Waals surface area contributed by atoms with Crippen LogP contribution in [0.4, 0.5) is 16.2 Å². The van der Waals surface area contributed by atoms with Crippen LogP contribution in [-0.2, 0) is 14.6 Å². The Morgan fingerprint density at radius 1 is 1.06 bits per heavy atom. The number of anilines is 2. The lowest BCUT2D eigenvalue weighted by atomic mass is 10.1. The number of nitrogens with two attached hydrogens (primary N) is 1. The van der Waals surface area contributed by atoms with Crippen molar-refractivity contribution in [3.63, 3.8) is 0 Å². The Hall–Kier alpha value is -3.85. The highest BCUT2D eigenvalue weighted by Crippen LogP contribution is 2.29. The molecule has 1 unspecified atom stereocenters. The lowest BCUT2D eigenvalue weighted by Crippen LogP contribution is -2.43. The highest BCUT2D eigenvalue weighted by molar-refractivity contribution is 7.90. The Balaban J connectivity index is 1.46. The number of nitrogens with one attached hydrogen (secondary N) is 2. The molecule has 0 aromatic heterocycles. The van der Waals surface area contributed by atoms with Gasteiger partial charge in [0.25, 0.3) is 0 Å². The molecule has 1 heterocycles. The average molecular weight is 493 g/mol. The average Bonchev–Trinajstić information content (AvgIpc) is 2.84. The summed E-state index contributed by atoms with van der Waals surface area (Å²) in [7, 11) is -3.38. The molecule has 3 aromatic rings. The minimum atomic E-state index is -3.38. The van der Waals surface area contributed by atoms with Crippen LogP contribution in [0.25, 0.3) is 11.1 Å². The van der Waals surface area contributed by atoms with Gasteiger partial charge in [-0.05, 0) is 48.7 Å². The number of carbonyl (C=O) groups is 1. The van der Waals surface area contributed by atoms with E-state index in [9.17, 15) is 13.2 Å². The highest BCUT2D eigenvalue weighted by Gasteiger charge is 2.26. The SMILES string of the molecule is CS(=O)(=O)c1ccccc1-c1ccc(NC(=O)OC2CCCCN2c2cccc(C(=N)N)c2)cc1. The van der Waals surface area contributed by atoms with Gasteiger partial charge in [-0.1, -0.05) is 42.5 Å². The Morgan fingerprint density at radius 2 is 1.80 bits per heavy atom. The van der Waals surface area contributed by atoms with Crippen LogP contribution in [0.15, 0.2) is 77.7 Å². The molecule has 1 aliphatic rings. The number of amidine groups is 1. The minimum Gasteiger partial charge on any atom is -0.425 e. The van der Waals surface area contributed by atoms with E-state index in [2.05, 4.69) is 5.32 Å². The minimum absolute atomic E-state index is 0.0123. The lowest BCUT2D eigenvalue weighted by molar-refractivity contribution is 0.0923. The van der Waals surface area contributed by atoms with E-state index in [-0.39, 0.29) is 10.7 Å². The third-order valence-electron chi connectivity index (χ3n) is 5.91. The fourth-order valence-electron chi connectivity index (χ4n) is 4.20. The second-order valence-electron chi connectivity index (χ2n) is 8.48. The second-order valence-corrected chi connectivity index (χ2v) is 10.5. The summed E-state index contributed by atoms with van der Waals surface area (Å²) in [5.41, 5.74) is 8.98. The molecule has 4 N–H and O–H groups in total. The zero-order chi connectivity index (χ0) is 25.0. The number of nitrogen functional groups attached to an aromatic ring is 1. The summed E-state index contributed by atoms with van der Waals surface area (Å²) >= 11 is 0. The fraction of sp³-hybridized carbons (Fsp3) is 0.231. The van der Waals surface area contributed by atoms with Crippen LogP contribution in [0.1, 0.15) is 24.8 Å². The van der Waals surface area contributed by atoms with Gasteiger partial charge in [0.1, 0.15) is 5.84 Å². The van der Waals surface area contributed by atoms with Gasteiger partial charge in [0, 0.05) is 41.7 Å². The highest BCUT2D eigenvalue weighted by atomic mass is 32.2. The van der Waals surface area contributed by atoms with Crippen molar-refractivity contribution in [2.75, 3.05) is 23.0 Å². The molecular weight excluding hydrogens is 464 g/mol. The molecule has 0 bridgehead atoms. The van der Waals surface area contributed by atoms with Crippen molar-refractivity contribution >= 4 is 33.1 Å². The zero-order valence-electron chi connectivity index (χ0n) is 19.4. The third-order valence-corrected chi connectivity index (χ3v) is 7.06. The molecule has 35 heavy (non-hydrogen) atoms. The normalized spacial score (nSPS) is 15.9. The van der Waals surface area contributed by atoms with Gasteiger partial charge >= 0.3 is 6.09 Å². The van der Waals surface area contributed by atoms with Crippen LogP contribution < -0.4 is 16.0 Å². The molecule has 1 aliphatic heterocycles. The summed E-state index contributed by atoms with van der Waals surface area (Å²) < 4.78 is 30.0. The molecule has 1 fully saturated rings. The number of hydrogen-bond donors (Lipinski definition) is 3. The molecule has 0 aliphatic carbocycles. The summed E-state index contributed by atoms with van der Waals surface area (Å²) in [5.74, 6) is -0.0123. The number of amides is 1. The zero-order valence-corrected chi connectivity index (χ0v) is 20.2. The standard InChI is InChI=1S/C26H28N4O4S/c1-35(32,33)23-10-3-2-9-22(23)18-12-14-20(15-13-18)29-26(31)34-24-11-4-5-16-30(24)21-8-6-7-19(17-21)25(27)28/h2-3,6-10,12-15,17,24H,4-5,11,16H2,1H3,(H3,27,28)(H,29,31). The predicted molar refractivity (Wildman–Crippen MR) is 138 cm³/mol. The van der Waals surface area contributed by atoms with E-state index in [1.165, 1.54) is 6.26 Å². The van der Waals surface area contributed by atoms with E-state index in [1.54, 1.807) is 54.6 Å². The largest absolute Gasteiger partial charge is 0.425 e.